The Hall–Kier alpha value is -1.56. The minimum atomic E-state index is -4.15. The summed E-state index contributed by atoms with van der Waals surface area (Å²) in [6, 6.07) is 6.23. The highest BCUT2D eigenvalue weighted by Crippen LogP contribution is 2.48. The fourth-order valence-corrected chi connectivity index (χ4v) is 3.91. The van der Waals surface area contributed by atoms with E-state index in [0.29, 0.717) is 26.1 Å². The summed E-state index contributed by atoms with van der Waals surface area (Å²) in [5, 5.41) is 3.00. The van der Waals surface area contributed by atoms with Crippen LogP contribution in [0.2, 0.25) is 0 Å². The Morgan fingerprint density at radius 3 is 2.44 bits per heavy atom. The van der Waals surface area contributed by atoms with Crippen LogP contribution in [-0.4, -0.2) is 43.2 Å². The molecule has 0 radical (unpaired) electrons. The maximum atomic E-state index is 12.7. The molecule has 1 atom stereocenters. The first-order valence-electron chi connectivity index (χ1n) is 8.84. The molecule has 1 saturated heterocycles. The van der Waals surface area contributed by atoms with Crippen molar-refractivity contribution in [2.75, 3.05) is 26.2 Å². The third kappa shape index (κ3) is 4.35. The van der Waals surface area contributed by atoms with Crippen LogP contribution in [0.1, 0.15) is 36.0 Å². The lowest BCUT2D eigenvalue weighted by molar-refractivity contribution is -0.143. The Morgan fingerprint density at radius 1 is 1.24 bits per heavy atom. The first-order valence-corrected chi connectivity index (χ1v) is 8.84. The van der Waals surface area contributed by atoms with Gasteiger partial charge in [0.2, 0.25) is 5.91 Å². The van der Waals surface area contributed by atoms with Crippen molar-refractivity contribution in [2.24, 2.45) is 5.92 Å². The van der Waals surface area contributed by atoms with Crippen molar-refractivity contribution in [3.8, 4) is 0 Å². The summed E-state index contributed by atoms with van der Waals surface area (Å²) in [5.41, 5.74) is 2.93. The average molecular weight is 354 g/mol. The second-order valence-electron chi connectivity index (χ2n) is 7.67. The van der Waals surface area contributed by atoms with Gasteiger partial charge in [0.15, 0.2) is 0 Å². The topological polar surface area (TPSA) is 32.3 Å². The van der Waals surface area contributed by atoms with E-state index < -0.39 is 18.1 Å². The van der Waals surface area contributed by atoms with E-state index in [-0.39, 0.29) is 11.8 Å². The van der Waals surface area contributed by atoms with Crippen LogP contribution in [0.25, 0.3) is 0 Å². The van der Waals surface area contributed by atoms with Gasteiger partial charge >= 0.3 is 6.18 Å². The van der Waals surface area contributed by atoms with E-state index in [1.165, 1.54) is 4.90 Å². The number of likely N-dealkylation sites (tertiary alicyclic amines) is 1. The van der Waals surface area contributed by atoms with Gasteiger partial charge in [-0.15, -0.1) is 0 Å². The molecule has 0 bridgehead atoms. The molecule has 1 amide bonds. The van der Waals surface area contributed by atoms with Crippen molar-refractivity contribution in [1.29, 1.82) is 0 Å². The molecule has 6 heteroatoms. The quantitative estimate of drug-likeness (QED) is 0.880. The predicted octanol–water partition coefficient (Wildman–Crippen LogP) is 3.34. The van der Waals surface area contributed by atoms with E-state index in [1.807, 2.05) is 13.8 Å². The number of aryl methyl sites for hydroxylation is 2. The molecule has 3 rings (SSSR count). The largest absolute Gasteiger partial charge is 0.401 e. The van der Waals surface area contributed by atoms with Gasteiger partial charge in [-0.2, -0.15) is 13.2 Å². The van der Waals surface area contributed by atoms with E-state index in [9.17, 15) is 18.0 Å². The summed E-state index contributed by atoms with van der Waals surface area (Å²) in [5.74, 6) is 0.119. The van der Waals surface area contributed by atoms with Gasteiger partial charge in [-0.3, -0.25) is 9.69 Å². The molecule has 0 aromatic heterocycles. The number of nitrogens with one attached hydrogen (secondary N) is 1. The molecular formula is C19H25F3N2O. The summed E-state index contributed by atoms with van der Waals surface area (Å²) in [4.78, 5) is 14.1. The van der Waals surface area contributed by atoms with E-state index in [0.717, 1.165) is 29.5 Å². The fourth-order valence-electron chi connectivity index (χ4n) is 3.91. The summed E-state index contributed by atoms with van der Waals surface area (Å²) in [6.07, 6.45) is -1.77. The standard InChI is InChI=1S/C19H25F3N2O/c1-13-7-14(2)9-16(8-13)18(4-5-18)17(25)23-10-15-3-6-24(11-15)12-19(20,21)22/h7-9,15H,3-6,10-12H2,1-2H3,(H,23,25). The lowest BCUT2D eigenvalue weighted by Gasteiger charge is -2.20. The van der Waals surface area contributed by atoms with Gasteiger partial charge in [0.1, 0.15) is 0 Å². The van der Waals surface area contributed by atoms with Gasteiger partial charge in [-0.05, 0) is 51.1 Å². The number of benzene rings is 1. The van der Waals surface area contributed by atoms with Crippen molar-refractivity contribution in [2.45, 2.75) is 44.7 Å². The Kier molecular flexibility index (Phi) is 4.84. The SMILES string of the molecule is Cc1cc(C)cc(C2(C(=O)NCC3CCN(CC(F)(F)F)C3)CC2)c1. The van der Waals surface area contributed by atoms with Crippen molar-refractivity contribution in [3.63, 3.8) is 0 Å². The number of nitrogens with zero attached hydrogens (tertiary/aromatic N) is 1. The van der Waals surface area contributed by atoms with Crippen LogP contribution in [0.15, 0.2) is 18.2 Å². The molecule has 1 aliphatic carbocycles. The van der Waals surface area contributed by atoms with Crippen molar-refractivity contribution in [3.05, 3.63) is 34.9 Å². The Morgan fingerprint density at radius 2 is 1.88 bits per heavy atom. The van der Waals surface area contributed by atoms with Gasteiger partial charge in [-0.25, -0.2) is 0 Å². The molecule has 1 unspecified atom stereocenters. The molecule has 1 heterocycles. The van der Waals surface area contributed by atoms with E-state index in [4.69, 9.17) is 0 Å². The normalized spacial score (nSPS) is 22.8. The number of halogens is 3. The third-order valence-corrected chi connectivity index (χ3v) is 5.28. The van der Waals surface area contributed by atoms with Gasteiger partial charge in [-0.1, -0.05) is 29.3 Å². The second kappa shape index (κ2) is 6.63. The lowest BCUT2D eigenvalue weighted by Crippen LogP contribution is -2.39. The summed E-state index contributed by atoms with van der Waals surface area (Å²) in [6.45, 7) is 4.50. The van der Waals surface area contributed by atoms with Gasteiger partial charge < -0.3 is 5.32 Å². The van der Waals surface area contributed by atoms with Crippen molar-refractivity contribution >= 4 is 5.91 Å². The fraction of sp³-hybridized carbons (Fsp3) is 0.632. The van der Waals surface area contributed by atoms with Crippen molar-refractivity contribution in [1.82, 2.24) is 10.2 Å². The Labute approximate surface area is 146 Å². The van der Waals surface area contributed by atoms with Crippen molar-refractivity contribution < 1.29 is 18.0 Å². The van der Waals surface area contributed by atoms with Gasteiger partial charge in [0, 0.05) is 13.1 Å². The maximum Gasteiger partial charge on any atom is 0.401 e. The van der Waals surface area contributed by atoms with E-state index in [2.05, 4.69) is 23.5 Å². The number of rotatable bonds is 5. The highest BCUT2D eigenvalue weighted by molar-refractivity contribution is 5.91. The number of carbonyl (C=O) groups is 1. The second-order valence-corrected chi connectivity index (χ2v) is 7.67. The first kappa shape index (κ1) is 18.2. The number of hydrogen-bond donors (Lipinski definition) is 1. The summed E-state index contributed by atoms with van der Waals surface area (Å²) < 4.78 is 37.4. The minimum Gasteiger partial charge on any atom is -0.355 e. The number of carbonyl (C=O) groups excluding carboxylic acids is 1. The molecule has 1 saturated carbocycles. The number of hydrogen-bond acceptors (Lipinski definition) is 2. The molecule has 138 valence electrons. The van der Waals surface area contributed by atoms with Crippen LogP contribution < -0.4 is 5.32 Å². The minimum absolute atomic E-state index is 0.0202. The molecule has 1 N–H and O–H groups in total. The zero-order chi connectivity index (χ0) is 18.2. The molecule has 1 aliphatic heterocycles. The number of amides is 1. The van der Waals surface area contributed by atoms with Crippen LogP contribution in [-0.2, 0) is 10.2 Å². The predicted molar refractivity (Wildman–Crippen MR) is 90.4 cm³/mol. The van der Waals surface area contributed by atoms with Crippen LogP contribution in [0.4, 0.5) is 13.2 Å². The number of alkyl halides is 3. The summed E-state index contributed by atoms with van der Waals surface area (Å²) >= 11 is 0. The molecule has 1 aromatic rings. The monoisotopic (exact) mass is 354 g/mol. The molecule has 2 aliphatic rings. The molecule has 25 heavy (non-hydrogen) atoms. The van der Waals surface area contributed by atoms with Gasteiger partial charge in [0.05, 0.1) is 12.0 Å². The zero-order valence-corrected chi connectivity index (χ0v) is 14.7. The molecule has 0 spiro atoms. The first-order chi connectivity index (χ1) is 11.7. The lowest BCUT2D eigenvalue weighted by atomic mass is 9.92. The Bertz CT molecular complexity index is 632. The smallest absolute Gasteiger partial charge is 0.355 e. The maximum absolute atomic E-state index is 12.7. The van der Waals surface area contributed by atoms with Crippen LogP contribution in [0.3, 0.4) is 0 Å². The van der Waals surface area contributed by atoms with Crippen LogP contribution in [0, 0.1) is 19.8 Å². The van der Waals surface area contributed by atoms with Crippen LogP contribution >= 0.6 is 0 Å². The highest BCUT2D eigenvalue weighted by Gasteiger charge is 2.51. The molecule has 2 fully saturated rings. The third-order valence-electron chi connectivity index (χ3n) is 5.28. The summed E-state index contributed by atoms with van der Waals surface area (Å²) in [7, 11) is 0. The molecular weight excluding hydrogens is 329 g/mol. The highest BCUT2D eigenvalue weighted by atomic mass is 19.4. The average Bonchev–Trinajstić information content (AvgIpc) is 3.19. The van der Waals surface area contributed by atoms with Gasteiger partial charge in [0.25, 0.3) is 0 Å². The van der Waals surface area contributed by atoms with E-state index in [1.54, 1.807) is 0 Å². The van der Waals surface area contributed by atoms with E-state index >= 15 is 0 Å². The molecule has 1 aromatic carbocycles. The Balaban J connectivity index is 1.55. The zero-order valence-electron chi connectivity index (χ0n) is 14.7. The van der Waals surface area contributed by atoms with Crippen LogP contribution in [0.5, 0.6) is 0 Å². The molecule has 3 nitrogen and oxygen atoms in total.